The molecule has 1 aromatic carbocycles. The van der Waals surface area contributed by atoms with E-state index in [9.17, 15) is 14.4 Å². The Balaban J connectivity index is 1.74. The lowest BCUT2D eigenvalue weighted by atomic mass is 9.95. The zero-order chi connectivity index (χ0) is 18.2. The Morgan fingerprint density at radius 1 is 1.28 bits per heavy atom. The van der Waals surface area contributed by atoms with Crippen LogP contribution in [-0.4, -0.2) is 29.3 Å². The maximum absolute atomic E-state index is 12.7. The van der Waals surface area contributed by atoms with Gasteiger partial charge in [0, 0.05) is 5.69 Å². The molecule has 0 aliphatic carbocycles. The summed E-state index contributed by atoms with van der Waals surface area (Å²) in [6.45, 7) is 5.14. The number of carbonyl (C=O) groups is 3. The van der Waals surface area contributed by atoms with Crippen molar-refractivity contribution in [1.29, 1.82) is 0 Å². The SMILES string of the molecule is Cc1ccc(C)c(NC(=O)CN2C(=O)N[C@@](C)(c3ccsc3)C2=O)c1. The Labute approximate surface area is 149 Å². The normalized spacial score (nSPS) is 19.9. The standard InChI is InChI=1S/C18H19N3O3S/c1-11-4-5-12(2)14(8-11)19-15(22)9-21-16(23)18(3,20-17(21)24)13-6-7-25-10-13/h4-8,10H,9H2,1-3H3,(H,19,22)(H,20,24)/t18-/m0/s1. The lowest BCUT2D eigenvalue weighted by Gasteiger charge is -2.20. The minimum atomic E-state index is -1.13. The number of imide groups is 1. The van der Waals surface area contributed by atoms with Gasteiger partial charge < -0.3 is 10.6 Å². The molecule has 1 aliphatic heterocycles. The van der Waals surface area contributed by atoms with E-state index in [1.807, 2.05) is 42.8 Å². The summed E-state index contributed by atoms with van der Waals surface area (Å²) in [5, 5.41) is 9.12. The van der Waals surface area contributed by atoms with Crippen LogP contribution in [0.25, 0.3) is 0 Å². The van der Waals surface area contributed by atoms with Crippen molar-refractivity contribution in [2.45, 2.75) is 26.3 Å². The largest absolute Gasteiger partial charge is 0.325 e. The zero-order valence-electron chi connectivity index (χ0n) is 14.3. The summed E-state index contributed by atoms with van der Waals surface area (Å²) < 4.78 is 0. The summed E-state index contributed by atoms with van der Waals surface area (Å²) in [7, 11) is 0. The van der Waals surface area contributed by atoms with Gasteiger partial charge in [-0.15, -0.1) is 0 Å². The van der Waals surface area contributed by atoms with Crippen LogP contribution in [0.5, 0.6) is 0 Å². The van der Waals surface area contributed by atoms with Crippen molar-refractivity contribution < 1.29 is 14.4 Å². The number of thiophene rings is 1. The van der Waals surface area contributed by atoms with Crippen LogP contribution in [0.3, 0.4) is 0 Å². The Hall–Kier alpha value is -2.67. The summed E-state index contributed by atoms with van der Waals surface area (Å²) in [6, 6.07) is 6.95. The fourth-order valence-corrected chi connectivity index (χ4v) is 3.55. The number of amides is 4. The average Bonchev–Trinajstić information content (AvgIpc) is 3.16. The molecule has 0 radical (unpaired) electrons. The fourth-order valence-electron chi connectivity index (χ4n) is 2.79. The van der Waals surface area contributed by atoms with Crippen LogP contribution < -0.4 is 10.6 Å². The monoisotopic (exact) mass is 357 g/mol. The molecule has 0 spiro atoms. The van der Waals surface area contributed by atoms with Crippen molar-refractivity contribution in [3.05, 3.63) is 51.7 Å². The Bertz CT molecular complexity index is 847. The molecular weight excluding hydrogens is 338 g/mol. The molecule has 6 nitrogen and oxygen atoms in total. The average molecular weight is 357 g/mol. The van der Waals surface area contributed by atoms with Crippen LogP contribution in [0, 0.1) is 13.8 Å². The van der Waals surface area contributed by atoms with Crippen LogP contribution in [0.2, 0.25) is 0 Å². The quantitative estimate of drug-likeness (QED) is 0.826. The molecule has 4 amide bonds. The van der Waals surface area contributed by atoms with Crippen LogP contribution in [0.1, 0.15) is 23.6 Å². The number of nitrogens with zero attached hydrogens (tertiary/aromatic N) is 1. The van der Waals surface area contributed by atoms with Gasteiger partial charge in [-0.05, 0) is 60.4 Å². The molecule has 1 atom stereocenters. The molecule has 1 fully saturated rings. The van der Waals surface area contributed by atoms with Crippen molar-refractivity contribution in [2.24, 2.45) is 0 Å². The van der Waals surface area contributed by atoms with Gasteiger partial charge in [-0.3, -0.25) is 14.5 Å². The highest BCUT2D eigenvalue weighted by atomic mass is 32.1. The summed E-state index contributed by atoms with van der Waals surface area (Å²) in [5.74, 6) is -0.834. The number of hydrogen-bond acceptors (Lipinski definition) is 4. The van der Waals surface area contributed by atoms with Crippen molar-refractivity contribution in [3.8, 4) is 0 Å². The van der Waals surface area contributed by atoms with E-state index < -0.39 is 23.4 Å². The summed E-state index contributed by atoms with van der Waals surface area (Å²) in [6.07, 6.45) is 0. The van der Waals surface area contributed by atoms with Gasteiger partial charge in [0.1, 0.15) is 12.1 Å². The van der Waals surface area contributed by atoms with E-state index in [2.05, 4.69) is 10.6 Å². The minimum Gasteiger partial charge on any atom is -0.324 e. The Kier molecular flexibility index (Phi) is 4.34. The molecule has 1 aromatic heterocycles. The number of rotatable bonds is 4. The molecule has 25 heavy (non-hydrogen) atoms. The second-order valence-corrected chi connectivity index (χ2v) is 7.11. The maximum atomic E-state index is 12.7. The molecule has 2 heterocycles. The van der Waals surface area contributed by atoms with E-state index in [4.69, 9.17) is 0 Å². The van der Waals surface area contributed by atoms with Gasteiger partial charge in [0.05, 0.1) is 0 Å². The van der Waals surface area contributed by atoms with Crippen LogP contribution in [0.15, 0.2) is 35.0 Å². The molecule has 1 aliphatic rings. The first-order valence-corrected chi connectivity index (χ1v) is 8.79. The third-order valence-electron chi connectivity index (χ3n) is 4.34. The molecule has 0 bridgehead atoms. The van der Waals surface area contributed by atoms with Crippen molar-refractivity contribution in [3.63, 3.8) is 0 Å². The molecule has 2 aromatic rings. The van der Waals surface area contributed by atoms with E-state index in [0.717, 1.165) is 16.0 Å². The second kappa shape index (κ2) is 6.33. The van der Waals surface area contributed by atoms with Gasteiger partial charge in [0.2, 0.25) is 5.91 Å². The van der Waals surface area contributed by atoms with Gasteiger partial charge in [-0.2, -0.15) is 11.3 Å². The maximum Gasteiger partial charge on any atom is 0.325 e. The number of nitrogens with one attached hydrogen (secondary N) is 2. The number of benzene rings is 1. The molecule has 2 N–H and O–H groups in total. The summed E-state index contributed by atoms with van der Waals surface area (Å²) in [5.41, 5.74) is 2.20. The van der Waals surface area contributed by atoms with E-state index in [-0.39, 0.29) is 6.54 Å². The smallest absolute Gasteiger partial charge is 0.324 e. The number of anilines is 1. The van der Waals surface area contributed by atoms with E-state index in [1.54, 1.807) is 13.0 Å². The van der Waals surface area contributed by atoms with Gasteiger partial charge in [0.25, 0.3) is 5.91 Å². The third kappa shape index (κ3) is 3.15. The first-order chi connectivity index (χ1) is 11.8. The van der Waals surface area contributed by atoms with E-state index in [0.29, 0.717) is 11.3 Å². The Morgan fingerprint density at radius 3 is 2.72 bits per heavy atom. The first-order valence-electron chi connectivity index (χ1n) is 7.85. The topological polar surface area (TPSA) is 78.5 Å². The van der Waals surface area contributed by atoms with Gasteiger partial charge in [0.15, 0.2) is 0 Å². The fraction of sp³-hybridized carbons (Fsp3) is 0.278. The lowest BCUT2D eigenvalue weighted by Crippen LogP contribution is -2.41. The van der Waals surface area contributed by atoms with Gasteiger partial charge in [-0.1, -0.05) is 12.1 Å². The first kappa shape index (κ1) is 17.2. The summed E-state index contributed by atoms with van der Waals surface area (Å²) in [4.78, 5) is 38.2. The van der Waals surface area contributed by atoms with Crippen LogP contribution in [-0.2, 0) is 15.1 Å². The van der Waals surface area contributed by atoms with E-state index in [1.165, 1.54) is 11.3 Å². The summed E-state index contributed by atoms with van der Waals surface area (Å²) >= 11 is 1.45. The molecule has 3 rings (SSSR count). The highest BCUT2D eigenvalue weighted by Crippen LogP contribution is 2.30. The molecule has 1 saturated heterocycles. The zero-order valence-corrected chi connectivity index (χ0v) is 15.1. The highest BCUT2D eigenvalue weighted by Gasteiger charge is 2.49. The number of carbonyl (C=O) groups excluding carboxylic acids is 3. The Morgan fingerprint density at radius 2 is 2.04 bits per heavy atom. The minimum absolute atomic E-state index is 0.322. The van der Waals surface area contributed by atoms with Crippen molar-refractivity contribution in [1.82, 2.24) is 10.2 Å². The lowest BCUT2D eigenvalue weighted by molar-refractivity contribution is -0.133. The second-order valence-electron chi connectivity index (χ2n) is 6.33. The van der Waals surface area contributed by atoms with Crippen molar-refractivity contribution >= 4 is 34.9 Å². The van der Waals surface area contributed by atoms with Gasteiger partial charge in [-0.25, -0.2) is 4.79 Å². The number of hydrogen-bond donors (Lipinski definition) is 2. The molecule has 130 valence electrons. The molecule has 0 saturated carbocycles. The van der Waals surface area contributed by atoms with Crippen LogP contribution >= 0.6 is 11.3 Å². The van der Waals surface area contributed by atoms with Gasteiger partial charge >= 0.3 is 6.03 Å². The number of aryl methyl sites for hydroxylation is 2. The van der Waals surface area contributed by atoms with Crippen LogP contribution in [0.4, 0.5) is 10.5 Å². The van der Waals surface area contributed by atoms with E-state index >= 15 is 0 Å². The molecule has 7 heteroatoms. The predicted molar refractivity (Wildman–Crippen MR) is 96.5 cm³/mol. The highest BCUT2D eigenvalue weighted by molar-refractivity contribution is 7.08. The predicted octanol–water partition coefficient (Wildman–Crippen LogP) is 2.77. The molecule has 0 unspecified atom stereocenters. The number of urea groups is 1. The third-order valence-corrected chi connectivity index (χ3v) is 5.03. The van der Waals surface area contributed by atoms with Crippen molar-refractivity contribution in [2.75, 3.05) is 11.9 Å². The molecular formula is C18H19N3O3S.